The zero-order valence-electron chi connectivity index (χ0n) is 10.8. The largest absolute Gasteiger partial charge is 0.278 e. The normalized spacial score (nSPS) is 11.0. The number of aromatic nitrogens is 1. The van der Waals surface area contributed by atoms with Crippen LogP contribution >= 0.6 is 27.5 Å². The zero-order chi connectivity index (χ0) is 15.6. The number of nitriles is 1. The maximum absolute atomic E-state index is 12.4. The Kier molecular flexibility index (Phi) is 4.52. The van der Waals surface area contributed by atoms with E-state index in [9.17, 15) is 8.42 Å². The third-order valence-corrected chi connectivity index (χ3v) is 5.11. The summed E-state index contributed by atoms with van der Waals surface area (Å²) < 4.78 is 27.8. The summed E-state index contributed by atoms with van der Waals surface area (Å²) in [6.07, 6.45) is 1.38. The molecule has 0 aliphatic heterocycles. The first-order valence-electron chi connectivity index (χ1n) is 5.68. The van der Waals surface area contributed by atoms with Gasteiger partial charge in [0.2, 0.25) is 0 Å². The molecule has 108 valence electrons. The molecule has 0 unspecified atom stereocenters. The number of aryl methyl sites for hydroxylation is 1. The molecule has 0 bridgehead atoms. The number of halogens is 2. The van der Waals surface area contributed by atoms with Crippen molar-refractivity contribution >= 4 is 43.2 Å². The quantitative estimate of drug-likeness (QED) is 0.819. The van der Waals surface area contributed by atoms with Gasteiger partial charge in [0.15, 0.2) is 0 Å². The van der Waals surface area contributed by atoms with Crippen LogP contribution in [0.1, 0.15) is 11.1 Å². The van der Waals surface area contributed by atoms with Crippen LogP contribution < -0.4 is 4.72 Å². The van der Waals surface area contributed by atoms with Crippen molar-refractivity contribution in [3.05, 3.63) is 51.2 Å². The van der Waals surface area contributed by atoms with Gasteiger partial charge in [0.25, 0.3) is 10.0 Å². The summed E-state index contributed by atoms with van der Waals surface area (Å²) in [7, 11) is -3.92. The summed E-state index contributed by atoms with van der Waals surface area (Å²) in [6, 6.07) is 7.53. The lowest BCUT2D eigenvalue weighted by Crippen LogP contribution is -2.14. The van der Waals surface area contributed by atoms with E-state index in [1.807, 2.05) is 6.07 Å². The summed E-state index contributed by atoms with van der Waals surface area (Å²) in [5.74, 6) is 0. The number of sulfonamides is 1. The number of anilines is 1. The van der Waals surface area contributed by atoms with Gasteiger partial charge in [-0.2, -0.15) is 5.26 Å². The minimum atomic E-state index is -3.92. The number of hydrogen-bond acceptors (Lipinski definition) is 4. The molecule has 0 amide bonds. The van der Waals surface area contributed by atoms with Gasteiger partial charge in [-0.3, -0.25) is 4.72 Å². The number of pyridine rings is 1. The number of nitrogens with one attached hydrogen (secondary N) is 1. The molecule has 1 heterocycles. The van der Waals surface area contributed by atoms with Crippen LogP contribution in [0.4, 0.5) is 5.69 Å². The molecule has 0 atom stereocenters. The fourth-order valence-corrected chi connectivity index (χ4v) is 3.31. The van der Waals surface area contributed by atoms with E-state index in [0.29, 0.717) is 10.3 Å². The molecule has 0 spiro atoms. The fourth-order valence-electron chi connectivity index (χ4n) is 1.63. The smallest absolute Gasteiger partial charge is 0.263 e. The number of rotatable bonds is 3. The molecule has 8 heteroatoms. The predicted octanol–water partition coefficient (Wildman–Crippen LogP) is 3.48. The highest BCUT2D eigenvalue weighted by Crippen LogP contribution is 2.24. The molecule has 2 rings (SSSR count). The van der Waals surface area contributed by atoms with Crippen LogP contribution in [0.5, 0.6) is 0 Å². The molecule has 5 nitrogen and oxygen atoms in total. The van der Waals surface area contributed by atoms with Crippen LogP contribution in [-0.2, 0) is 10.0 Å². The van der Waals surface area contributed by atoms with Crippen LogP contribution in [0, 0.1) is 18.3 Å². The van der Waals surface area contributed by atoms with Gasteiger partial charge >= 0.3 is 0 Å². The SMILES string of the molecule is Cc1cc(NS(=O)(=O)c2cc(Cl)ccc2C#N)cnc1Br. The Morgan fingerprint density at radius 2 is 2.10 bits per heavy atom. The van der Waals surface area contributed by atoms with E-state index in [1.54, 1.807) is 13.0 Å². The summed E-state index contributed by atoms with van der Waals surface area (Å²) in [5, 5.41) is 9.25. The van der Waals surface area contributed by atoms with Crippen LogP contribution in [0.25, 0.3) is 0 Å². The van der Waals surface area contributed by atoms with Crippen molar-refractivity contribution in [2.24, 2.45) is 0 Å². The maximum atomic E-state index is 12.4. The van der Waals surface area contributed by atoms with Gasteiger partial charge < -0.3 is 0 Å². The van der Waals surface area contributed by atoms with Crippen molar-refractivity contribution in [2.45, 2.75) is 11.8 Å². The Bertz CT molecular complexity index is 847. The van der Waals surface area contributed by atoms with Crippen LogP contribution in [0.2, 0.25) is 5.02 Å². The first-order valence-corrected chi connectivity index (χ1v) is 8.33. The van der Waals surface area contributed by atoms with Gasteiger partial charge in [-0.15, -0.1) is 0 Å². The van der Waals surface area contributed by atoms with Crippen molar-refractivity contribution in [2.75, 3.05) is 4.72 Å². The monoisotopic (exact) mass is 385 g/mol. The third-order valence-electron chi connectivity index (χ3n) is 2.62. The molecular formula is C13H9BrClN3O2S. The predicted molar refractivity (Wildman–Crippen MR) is 83.6 cm³/mol. The van der Waals surface area contributed by atoms with Gasteiger partial charge in [0, 0.05) is 5.02 Å². The van der Waals surface area contributed by atoms with Crippen molar-refractivity contribution in [3.63, 3.8) is 0 Å². The lowest BCUT2D eigenvalue weighted by Gasteiger charge is -2.10. The minimum absolute atomic E-state index is 0.0219. The van der Waals surface area contributed by atoms with Gasteiger partial charge in [-0.05, 0) is 52.7 Å². The van der Waals surface area contributed by atoms with E-state index in [2.05, 4.69) is 25.6 Å². The lowest BCUT2D eigenvalue weighted by molar-refractivity contribution is 0.601. The Balaban J connectivity index is 2.46. The topological polar surface area (TPSA) is 82.9 Å². The number of hydrogen-bond donors (Lipinski definition) is 1. The van der Waals surface area contributed by atoms with Gasteiger partial charge in [0.1, 0.15) is 15.6 Å². The molecule has 2 aromatic rings. The maximum Gasteiger partial charge on any atom is 0.263 e. The van der Waals surface area contributed by atoms with Crippen molar-refractivity contribution in [1.29, 1.82) is 5.26 Å². The van der Waals surface area contributed by atoms with Crippen LogP contribution in [-0.4, -0.2) is 13.4 Å². The minimum Gasteiger partial charge on any atom is -0.278 e. The van der Waals surface area contributed by atoms with Crippen molar-refractivity contribution in [1.82, 2.24) is 4.98 Å². The fraction of sp³-hybridized carbons (Fsp3) is 0.0769. The van der Waals surface area contributed by atoms with Crippen LogP contribution in [0.3, 0.4) is 0 Å². The van der Waals surface area contributed by atoms with Crippen molar-refractivity contribution in [3.8, 4) is 6.07 Å². The summed E-state index contributed by atoms with van der Waals surface area (Å²) in [4.78, 5) is 3.85. The summed E-state index contributed by atoms with van der Waals surface area (Å²) >= 11 is 9.05. The van der Waals surface area contributed by atoms with E-state index in [4.69, 9.17) is 16.9 Å². The second-order valence-corrected chi connectivity index (χ2v) is 7.03. The van der Waals surface area contributed by atoms with E-state index in [1.165, 1.54) is 24.4 Å². The van der Waals surface area contributed by atoms with Crippen LogP contribution in [0.15, 0.2) is 40.0 Å². The molecule has 0 aliphatic carbocycles. The molecule has 0 saturated heterocycles. The van der Waals surface area contributed by atoms with Gasteiger partial charge in [-0.1, -0.05) is 11.6 Å². The van der Waals surface area contributed by atoms with E-state index in [0.717, 1.165) is 5.56 Å². The average Bonchev–Trinajstić information content (AvgIpc) is 2.42. The second-order valence-electron chi connectivity index (χ2n) is 4.19. The van der Waals surface area contributed by atoms with Gasteiger partial charge in [-0.25, -0.2) is 13.4 Å². The molecule has 21 heavy (non-hydrogen) atoms. The first-order chi connectivity index (χ1) is 9.83. The van der Waals surface area contributed by atoms with Gasteiger partial charge in [0.05, 0.1) is 17.4 Å². The zero-order valence-corrected chi connectivity index (χ0v) is 13.9. The molecule has 1 N–H and O–H groups in total. The number of benzene rings is 1. The molecule has 1 aromatic heterocycles. The first kappa shape index (κ1) is 15.8. The number of nitrogens with zero attached hydrogens (tertiary/aromatic N) is 2. The molecular weight excluding hydrogens is 378 g/mol. The average molecular weight is 387 g/mol. The highest BCUT2D eigenvalue weighted by atomic mass is 79.9. The molecule has 1 aromatic carbocycles. The summed E-state index contributed by atoms with van der Waals surface area (Å²) in [6.45, 7) is 1.79. The Morgan fingerprint density at radius 1 is 1.38 bits per heavy atom. The molecule has 0 aliphatic rings. The molecule has 0 radical (unpaired) electrons. The highest BCUT2D eigenvalue weighted by molar-refractivity contribution is 9.10. The van der Waals surface area contributed by atoms with E-state index in [-0.39, 0.29) is 15.5 Å². The Labute approximate surface area is 135 Å². The lowest BCUT2D eigenvalue weighted by atomic mass is 10.2. The molecule has 0 saturated carbocycles. The Morgan fingerprint density at radius 3 is 2.71 bits per heavy atom. The Hall–Kier alpha value is -1.62. The molecule has 0 fully saturated rings. The standard InChI is InChI=1S/C13H9BrClN3O2S/c1-8-4-11(7-17-13(8)14)18-21(19,20)12-5-10(15)3-2-9(12)6-16/h2-5,7,18H,1H3. The summed E-state index contributed by atoms with van der Waals surface area (Å²) in [5.41, 5.74) is 1.11. The second kappa shape index (κ2) is 6.02. The van der Waals surface area contributed by atoms with E-state index < -0.39 is 10.0 Å². The van der Waals surface area contributed by atoms with E-state index >= 15 is 0 Å². The van der Waals surface area contributed by atoms with Crippen molar-refractivity contribution < 1.29 is 8.42 Å². The highest BCUT2D eigenvalue weighted by Gasteiger charge is 2.19. The third kappa shape index (κ3) is 3.53.